The monoisotopic (exact) mass is 884 g/mol. The van der Waals surface area contributed by atoms with Gasteiger partial charge in [-0.3, -0.25) is 24.0 Å². The molecule has 11 heteroatoms. The standard InChI is InChI=1S/C55H60N6O5/c1-42(62)59(35-49(43-21-8-2-9-22-43)44-23-10-3-11-24-44)40-53(64)58(34-20-33-56)39-54(65)61(37-51(47-29-16-6-17-30-47)48-31-18-7-19-32-48)41-55(66)60(38-52(57)63)36-50(45-25-12-4-13-26-45)46-27-14-5-15-28-46/h2-19,21-32,49-51H,20,33-41,56H2,1H3,(H2,57,63). The molecule has 0 radical (unpaired) electrons. The van der Waals surface area contributed by atoms with Crippen LogP contribution < -0.4 is 11.5 Å². The largest absolute Gasteiger partial charge is 0.368 e. The fourth-order valence-electron chi connectivity index (χ4n) is 8.35. The van der Waals surface area contributed by atoms with E-state index in [0.717, 1.165) is 33.4 Å². The Hall–Kier alpha value is -7.37. The first kappa shape index (κ1) is 48.1. The SMILES string of the molecule is CC(=O)N(CC(=O)N(CCCN)CC(=O)N(CC(=O)N(CC(N)=O)CC(c1ccccc1)c1ccccc1)CC(c1ccccc1)c1ccccc1)CC(c1ccccc1)c1ccccc1. The summed E-state index contributed by atoms with van der Waals surface area (Å²) >= 11 is 0. The number of carbonyl (C=O) groups is 5. The molecular weight excluding hydrogens is 825 g/mol. The van der Waals surface area contributed by atoms with Crippen LogP contribution in [-0.4, -0.2) is 108 Å². The van der Waals surface area contributed by atoms with Crippen molar-refractivity contribution in [3.8, 4) is 0 Å². The zero-order valence-corrected chi connectivity index (χ0v) is 37.6. The lowest BCUT2D eigenvalue weighted by Gasteiger charge is -2.34. The minimum Gasteiger partial charge on any atom is -0.368 e. The Labute approximate surface area is 388 Å². The zero-order chi connectivity index (χ0) is 46.7. The van der Waals surface area contributed by atoms with Gasteiger partial charge in [-0.25, -0.2) is 0 Å². The van der Waals surface area contributed by atoms with Crippen LogP contribution in [0.5, 0.6) is 0 Å². The number of nitrogens with zero attached hydrogens (tertiary/aromatic N) is 4. The molecule has 0 fully saturated rings. The third-order valence-corrected chi connectivity index (χ3v) is 11.9. The van der Waals surface area contributed by atoms with Gasteiger partial charge in [0.15, 0.2) is 0 Å². The molecule has 4 N–H and O–H groups in total. The third-order valence-electron chi connectivity index (χ3n) is 11.9. The predicted octanol–water partition coefficient (Wildman–Crippen LogP) is 6.65. The van der Waals surface area contributed by atoms with E-state index in [4.69, 9.17) is 11.5 Å². The summed E-state index contributed by atoms with van der Waals surface area (Å²) in [7, 11) is 0. The molecule has 0 unspecified atom stereocenters. The maximum absolute atomic E-state index is 15.0. The number of nitrogens with two attached hydrogens (primary N) is 2. The van der Waals surface area contributed by atoms with Gasteiger partial charge in [0.2, 0.25) is 29.5 Å². The van der Waals surface area contributed by atoms with Crippen molar-refractivity contribution in [1.82, 2.24) is 19.6 Å². The molecule has 6 rings (SSSR count). The molecule has 11 nitrogen and oxygen atoms in total. The molecule has 6 aromatic carbocycles. The molecule has 6 aromatic rings. The van der Waals surface area contributed by atoms with Crippen molar-refractivity contribution in [2.45, 2.75) is 31.1 Å². The minimum absolute atomic E-state index is 0.0815. The molecule has 0 atom stereocenters. The van der Waals surface area contributed by atoms with E-state index in [0.29, 0.717) is 6.42 Å². The van der Waals surface area contributed by atoms with Crippen LogP contribution in [-0.2, 0) is 24.0 Å². The first-order chi connectivity index (χ1) is 32.1. The van der Waals surface area contributed by atoms with Crippen molar-refractivity contribution >= 4 is 29.5 Å². The smallest absolute Gasteiger partial charge is 0.242 e. The van der Waals surface area contributed by atoms with E-state index < -0.39 is 30.2 Å². The van der Waals surface area contributed by atoms with Gasteiger partial charge in [-0.05, 0) is 46.3 Å². The Bertz CT molecular complexity index is 2320. The Balaban J connectivity index is 1.32. The average Bonchev–Trinajstić information content (AvgIpc) is 3.35. The molecule has 0 saturated heterocycles. The van der Waals surface area contributed by atoms with Gasteiger partial charge in [-0.15, -0.1) is 0 Å². The van der Waals surface area contributed by atoms with Crippen molar-refractivity contribution in [1.29, 1.82) is 0 Å². The number of amides is 5. The van der Waals surface area contributed by atoms with Crippen molar-refractivity contribution in [2.75, 3.05) is 58.9 Å². The molecule has 0 spiro atoms. The van der Waals surface area contributed by atoms with Gasteiger partial charge >= 0.3 is 0 Å². The van der Waals surface area contributed by atoms with E-state index in [1.54, 1.807) is 0 Å². The van der Waals surface area contributed by atoms with E-state index in [2.05, 4.69) is 0 Å². The third kappa shape index (κ3) is 13.8. The number of benzene rings is 6. The lowest BCUT2D eigenvalue weighted by molar-refractivity contribution is -0.146. The van der Waals surface area contributed by atoms with E-state index in [-0.39, 0.29) is 76.0 Å². The molecular formula is C55H60N6O5. The highest BCUT2D eigenvalue weighted by Gasteiger charge is 2.31. The quantitative estimate of drug-likeness (QED) is 0.0736. The summed E-state index contributed by atoms with van der Waals surface area (Å²) in [5.74, 6) is -3.24. The second kappa shape index (κ2) is 24.6. The summed E-state index contributed by atoms with van der Waals surface area (Å²) in [5, 5.41) is 0. The van der Waals surface area contributed by atoms with E-state index in [9.17, 15) is 24.0 Å². The number of primary amides is 1. The lowest BCUT2D eigenvalue weighted by atomic mass is 9.90. The summed E-state index contributed by atoms with van der Waals surface area (Å²) in [6.45, 7) is 0.871. The van der Waals surface area contributed by atoms with Crippen LogP contribution in [0.3, 0.4) is 0 Å². The first-order valence-electron chi connectivity index (χ1n) is 22.5. The van der Waals surface area contributed by atoms with Crippen molar-refractivity contribution < 1.29 is 24.0 Å². The highest BCUT2D eigenvalue weighted by atomic mass is 16.2. The predicted molar refractivity (Wildman–Crippen MR) is 259 cm³/mol. The molecule has 0 heterocycles. The molecule has 5 amide bonds. The van der Waals surface area contributed by atoms with Gasteiger partial charge < -0.3 is 31.1 Å². The van der Waals surface area contributed by atoms with Crippen molar-refractivity contribution in [3.05, 3.63) is 215 Å². The fourth-order valence-corrected chi connectivity index (χ4v) is 8.35. The molecule has 0 bridgehead atoms. The molecule has 0 saturated carbocycles. The van der Waals surface area contributed by atoms with Crippen LogP contribution in [0.2, 0.25) is 0 Å². The normalized spacial score (nSPS) is 11.0. The molecule has 0 aromatic heterocycles. The molecule has 0 aliphatic rings. The van der Waals surface area contributed by atoms with Crippen LogP contribution in [0, 0.1) is 0 Å². The van der Waals surface area contributed by atoms with Crippen LogP contribution in [0.15, 0.2) is 182 Å². The van der Waals surface area contributed by atoms with Crippen LogP contribution in [0.25, 0.3) is 0 Å². The molecule has 340 valence electrons. The van der Waals surface area contributed by atoms with Gasteiger partial charge in [0, 0.05) is 50.9 Å². The van der Waals surface area contributed by atoms with Crippen LogP contribution in [0.1, 0.15) is 64.5 Å². The first-order valence-corrected chi connectivity index (χ1v) is 22.5. The van der Waals surface area contributed by atoms with E-state index in [1.165, 1.54) is 26.5 Å². The highest BCUT2D eigenvalue weighted by Crippen LogP contribution is 2.29. The maximum atomic E-state index is 15.0. The van der Waals surface area contributed by atoms with E-state index in [1.807, 2.05) is 182 Å². The summed E-state index contributed by atoms with van der Waals surface area (Å²) in [5.41, 5.74) is 17.5. The van der Waals surface area contributed by atoms with Gasteiger partial charge in [0.25, 0.3) is 0 Å². The molecule has 0 aliphatic heterocycles. The number of hydrogen-bond donors (Lipinski definition) is 2. The zero-order valence-electron chi connectivity index (χ0n) is 37.6. The summed E-state index contributed by atoms with van der Waals surface area (Å²) in [6.07, 6.45) is 0.401. The lowest BCUT2D eigenvalue weighted by Crippen LogP contribution is -2.52. The van der Waals surface area contributed by atoms with Gasteiger partial charge in [0.05, 0.1) is 26.2 Å². The summed E-state index contributed by atoms with van der Waals surface area (Å²) in [4.78, 5) is 76.1. The number of carbonyl (C=O) groups excluding carboxylic acids is 5. The fraction of sp³-hybridized carbons (Fsp3) is 0.255. The Morgan fingerprint density at radius 3 is 0.939 bits per heavy atom. The van der Waals surface area contributed by atoms with Gasteiger partial charge in [-0.2, -0.15) is 0 Å². The van der Waals surface area contributed by atoms with Crippen LogP contribution in [0.4, 0.5) is 0 Å². The van der Waals surface area contributed by atoms with Crippen molar-refractivity contribution in [3.63, 3.8) is 0 Å². The summed E-state index contributed by atoms with van der Waals surface area (Å²) in [6, 6.07) is 58.6. The average molecular weight is 885 g/mol. The van der Waals surface area contributed by atoms with E-state index >= 15 is 0 Å². The second-order valence-corrected chi connectivity index (χ2v) is 16.5. The van der Waals surface area contributed by atoms with Crippen LogP contribution >= 0.6 is 0 Å². The van der Waals surface area contributed by atoms with Gasteiger partial charge in [-0.1, -0.05) is 182 Å². The van der Waals surface area contributed by atoms with Crippen molar-refractivity contribution in [2.24, 2.45) is 11.5 Å². The second-order valence-electron chi connectivity index (χ2n) is 16.5. The highest BCUT2D eigenvalue weighted by molar-refractivity contribution is 5.91. The molecule has 66 heavy (non-hydrogen) atoms. The minimum atomic E-state index is -0.692. The number of hydrogen-bond acceptors (Lipinski definition) is 6. The molecule has 0 aliphatic carbocycles. The Morgan fingerprint density at radius 1 is 0.394 bits per heavy atom. The Kier molecular flexibility index (Phi) is 17.9. The Morgan fingerprint density at radius 2 is 0.652 bits per heavy atom. The number of rotatable bonds is 23. The maximum Gasteiger partial charge on any atom is 0.242 e. The van der Waals surface area contributed by atoms with Gasteiger partial charge in [0.1, 0.15) is 0 Å². The topological polar surface area (TPSA) is 150 Å². The summed E-state index contributed by atoms with van der Waals surface area (Å²) < 4.78 is 0.